The highest BCUT2D eigenvalue weighted by Gasteiger charge is 2.51. The molecule has 0 unspecified atom stereocenters. The Morgan fingerprint density at radius 3 is 1.75 bits per heavy atom. The van der Waals surface area contributed by atoms with Crippen molar-refractivity contribution in [1.82, 2.24) is 0 Å². The summed E-state index contributed by atoms with van der Waals surface area (Å²) in [6.07, 6.45) is 0. The lowest BCUT2D eigenvalue weighted by Gasteiger charge is -2.32. The molecule has 1 heterocycles. The summed E-state index contributed by atoms with van der Waals surface area (Å²) in [5.74, 6) is 0. The van der Waals surface area contributed by atoms with Crippen LogP contribution in [0.15, 0.2) is 97.1 Å². The fraction of sp³-hybridized carbons (Fsp3) is 0.214. The van der Waals surface area contributed by atoms with Gasteiger partial charge in [0.1, 0.15) is 0 Å². The van der Waals surface area contributed by atoms with Crippen LogP contribution in [0.4, 0.5) is 17.1 Å². The van der Waals surface area contributed by atoms with Gasteiger partial charge in [-0.25, -0.2) is 0 Å². The number of para-hydroxylation sites is 1. The minimum absolute atomic E-state index is 0.350. The third kappa shape index (κ3) is 3.70. The number of hydrogen-bond acceptors (Lipinski definition) is 3. The average molecular weight is 421 g/mol. The van der Waals surface area contributed by atoms with Gasteiger partial charge in [0.15, 0.2) is 0 Å². The largest absolute Gasteiger partial charge is 0.494 e. The Hall–Kier alpha value is -3.08. The molecule has 0 spiro atoms. The quantitative estimate of drug-likeness (QED) is 0.346. The van der Waals surface area contributed by atoms with Gasteiger partial charge in [-0.05, 0) is 80.3 Å². The molecule has 1 saturated heterocycles. The van der Waals surface area contributed by atoms with E-state index >= 15 is 0 Å². The summed E-state index contributed by atoms with van der Waals surface area (Å²) in [5, 5.41) is 2.46. The Bertz CT molecular complexity index is 1220. The van der Waals surface area contributed by atoms with Crippen molar-refractivity contribution in [1.29, 1.82) is 0 Å². The summed E-state index contributed by atoms with van der Waals surface area (Å²) in [7, 11) is -0.361. The van der Waals surface area contributed by atoms with Crippen LogP contribution in [0.2, 0.25) is 0 Å². The van der Waals surface area contributed by atoms with Gasteiger partial charge >= 0.3 is 7.12 Å². The van der Waals surface area contributed by atoms with Crippen molar-refractivity contribution in [3.05, 3.63) is 97.1 Å². The summed E-state index contributed by atoms with van der Waals surface area (Å²) in [5.41, 5.74) is 3.66. The molecule has 0 atom stereocenters. The van der Waals surface area contributed by atoms with Gasteiger partial charge in [-0.2, -0.15) is 0 Å². The Morgan fingerprint density at radius 1 is 0.562 bits per heavy atom. The van der Waals surface area contributed by atoms with Crippen LogP contribution in [0.25, 0.3) is 10.8 Å². The number of hydrogen-bond donors (Lipinski definition) is 0. The van der Waals surface area contributed by atoms with E-state index in [1.807, 2.05) is 6.07 Å². The average Bonchev–Trinajstić information content (AvgIpc) is 3.02. The molecule has 0 saturated carbocycles. The lowest BCUT2D eigenvalue weighted by atomic mass is 9.79. The Kier molecular flexibility index (Phi) is 5.08. The van der Waals surface area contributed by atoms with E-state index in [-0.39, 0.29) is 18.3 Å². The van der Waals surface area contributed by atoms with E-state index in [1.165, 1.54) is 10.8 Å². The van der Waals surface area contributed by atoms with Gasteiger partial charge in [-0.15, -0.1) is 0 Å². The molecule has 4 aromatic rings. The molecule has 1 aliphatic rings. The summed E-state index contributed by atoms with van der Waals surface area (Å²) < 4.78 is 12.5. The number of fused-ring (bicyclic) bond motifs is 1. The fourth-order valence-corrected chi connectivity index (χ4v) is 4.10. The maximum atomic E-state index is 6.23. The molecule has 3 nitrogen and oxygen atoms in total. The number of anilines is 3. The van der Waals surface area contributed by atoms with Crippen molar-refractivity contribution >= 4 is 40.4 Å². The topological polar surface area (TPSA) is 21.7 Å². The van der Waals surface area contributed by atoms with E-state index in [9.17, 15) is 0 Å². The van der Waals surface area contributed by atoms with E-state index < -0.39 is 0 Å². The van der Waals surface area contributed by atoms with Crippen LogP contribution in [0.5, 0.6) is 0 Å². The normalized spacial score (nSPS) is 16.9. The number of rotatable bonds is 4. The van der Waals surface area contributed by atoms with Crippen molar-refractivity contribution in [2.24, 2.45) is 0 Å². The van der Waals surface area contributed by atoms with Crippen molar-refractivity contribution in [2.45, 2.75) is 38.9 Å². The molecule has 1 fully saturated rings. The molecule has 4 heteroatoms. The second-order valence-corrected chi connectivity index (χ2v) is 9.38. The van der Waals surface area contributed by atoms with Gasteiger partial charge < -0.3 is 14.2 Å². The second kappa shape index (κ2) is 7.81. The minimum atomic E-state index is -0.361. The summed E-state index contributed by atoms with van der Waals surface area (Å²) in [4.78, 5) is 2.28. The summed E-state index contributed by atoms with van der Waals surface area (Å²) in [6.45, 7) is 8.33. The monoisotopic (exact) mass is 421 g/mol. The fourth-order valence-electron chi connectivity index (χ4n) is 4.10. The van der Waals surface area contributed by atoms with E-state index in [2.05, 4.69) is 124 Å². The lowest BCUT2D eigenvalue weighted by molar-refractivity contribution is 0.00578. The summed E-state index contributed by atoms with van der Waals surface area (Å²) in [6, 6.07) is 34.0. The zero-order valence-corrected chi connectivity index (χ0v) is 19.1. The third-order valence-electron chi connectivity index (χ3n) is 6.68. The lowest BCUT2D eigenvalue weighted by Crippen LogP contribution is -2.41. The second-order valence-electron chi connectivity index (χ2n) is 9.38. The van der Waals surface area contributed by atoms with Crippen LogP contribution >= 0.6 is 0 Å². The number of nitrogens with zero attached hydrogens (tertiary/aromatic N) is 1. The highest BCUT2D eigenvalue weighted by molar-refractivity contribution is 6.62. The SMILES string of the molecule is CC1(C)OB(c2ccc(N(c3ccccc3)c3ccc4ccccc4c3)cc2)OC1(C)C. The maximum absolute atomic E-state index is 6.23. The van der Waals surface area contributed by atoms with Crippen LogP contribution in [-0.2, 0) is 9.31 Å². The minimum Gasteiger partial charge on any atom is -0.399 e. The molecule has 1 aliphatic heterocycles. The molecule has 0 N–H and O–H groups in total. The molecule has 32 heavy (non-hydrogen) atoms. The smallest absolute Gasteiger partial charge is 0.399 e. The zero-order valence-electron chi connectivity index (χ0n) is 19.1. The molecule has 0 radical (unpaired) electrons. The third-order valence-corrected chi connectivity index (χ3v) is 6.68. The maximum Gasteiger partial charge on any atom is 0.494 e. The van der Waals surface area contributed by atoms with Crippen LogP contribution in [0.1, 0.15) is 27.7 Å². The molecule has 5 rings (SSSR count). The van der Waals surface area contributed by atoms with Gasteiger partial charge in [0, 0.05) is 17.1 Å². The van der Waals surface area contributed by atoms with Gasteiger partial charge in [-0.1, -0.05) is 60.7 Å². The molecule has 0 aliphatic carbocycles. The van der Waals surface area contributed by atoms with Crippen molar-refractivity contribution < 1.29 is 9.31 Å². The number of benzene rings is 4. The van der Waals surface area contributed by atoms with Crippen molar-refractivity contribution in [3.63, 3.8) is 0 Å². The van der Waals surface area contributed by atoms with Crippen LogP contribution < -0.4 is 10.4 Å². The van der Waals surface area contributed by atoms with E-state index in [0.29, 0.717) is 0 Å². The first kappa shape index (κ1) is 20.8. The van der Waals surface area contributed by atoms with Crippen molar-refractivity contribution in [2.75, 3.05) is 4.90 Å². The zero-order chi connectivity index (χ0) is 22.3. The molecule has 0 aromatic heterocycles. The molecule has 0 amide bonds. The van der Waals surface area contributed by atoms with Crippen LogP contribution in [-0.4, -0.2) is 18.3 Å². The highest BCUT2D eigenvalue weighted by Crippen LogP contribution is 2.38. The van der Waals surface area contributed by atoms with Gasteiger partial charge in [0.25, 0.3) is 0 Å². The van der Waals surface area contributed by atoms with Gasteiger partial charge in [0.05, 0.1) is 11.2 Å². The predicted octanol–water partition coefficient (Wildman–Crippen LogP) is 6.61. The van der Waals surface area contributed by atoms with E-state index in [0.717, 1.165) is 22.5 Å². The highest BCUT2D eigenvalue weighted by atomic mass is 16.7. The molecular formula is C28H28BNO2. The van der Waals surface area contributed by atoms with Crippen molar-refractivity contribution in [3.8, 4) is 0 Å². The first-order valence-corrected chi connectivity index (χ1v) is 11.1. The molecule has 0 bridgehead atoms. The van der Waals surface area contributed by atoms with Crippen LogP contribution in [0, 0.1) is 0 Å². The Balaban J connectivity index is 1.52. The molecular weight excluding hydrogens is 393 g/mol. The predicted molar refractivity (Wildman–Crippen MR) is 134 cm³/mol. The van der Waals surface area contributed by atoms with E-state index in [1.54, 1.807) is 0 Å². The first-order chi connectivity index (χ1) is 15.3. The summed E-state index contributed by atoms with van der Waals surface area (Å²) >= 11 is 0. The first-order valence-electron chi connectivity index (χ1n) is 11.1. The van der Waals surface area contributed by atoms with E-state index in [4.69, 9.17) is 9.31 Å². The Morgan fingerprint density at radius 2 is 1.09 bits per heavy atom. The molecule has 4 aromatic carbocycles. The molecule has 160 valence electrons. The van der Waals surface area contributed by atoms with Gasteiger partial charge in [-0.3, -0.25) is 0 Å². The Labute approximate surface area is 190 Å². The standard InChI is InChI=1S/C28H28BNO2/c1-27(2)28(3,4)32-29(31-27)23-15-18-25(19-16-23)30(24-12-6-5-7-13-24)26-17-14-21-10-8-9-11-22(21)20-26/h5-20H,1-4H3. The van der Waals surface area contributed by atoms with Crippen LogP contribution in [0.3, 0.4) is 0 Å². The van der Waals surface area contributed by atoms with Gasteiger partial charge in [0.2, 0.25) is 0 Å².